The van der Waals surface area contributed by atoms with E-state index >= 15 is 0 Å². The summed E-state index contributed by atoms with van der Waals surface area (Å²) in [6.45, 7) is 3.28. The molecule has 1 heterocycles. The molecule has 1 aliphatic heterocycles. The highest BCUT2D eigenvalue weighted by Gasteiger charge is 2.28. The van der Waals surface area contributed by atoms with Crippen molar-refractivity contribution in [1.82, 2.24) is 14.3 Å². The lowest BCUT2D eigenvalue weighted by Crippen LogP contribution is -2.53. The van der Waals surface area contributed by atoms with Crippen LogP contribution in [0.3, 0.4) is 0 Å². The monoisotopic (exact) mass is 582 g/mol. The summed E-state index contributed by atoms with van der Waals surface area (Å²) in [5.41, 5.74) is 2.86. The van der Waals surface area contributed by atoms with Gasteiger partial charge in [0.15, 0.2) is 0 Å². The van der Waals surface area contributed by atoms with E-state index in [0.717, 1.165) is 16.8 Å². The number of carbonyl (C=O) groups is 2. The third-order valence-electron chi connectivity index (χ3n) is 6.25. The van der Waals surface area contributed by atoms with Crippen molar-refractivity contribution in [2.75, 3.05) is 31.1 Å². The predicted octanol–water partition coefficient (Wildman–Crippen LogP) is 3.35. The summed E-state index contributed by atoms with van der Waals surface area (Å²) < 4.78 is 42.8. The number of benzene rings is 3. The summed E-state index contributed by atoms with van der Waals surface area (Å²) in [5.74, 6) is 4.82. The highest BCUT2D eigenvalue weighted by Crippen LogP contribution is 2.19. The molecule has 1 saturated heterocycles. The van der Waals surface area contributed by atoms with Gasteiger partial charge < -0.3 is 15.0 Å². The van der Waals surface area contributed by atoms with Gasteiger partial charge in [-0.05, 0) is 67.1 Å². The SMILES string of the molecule is C[C@H](C=O)NS(=O)(=O)N1CCN(c2ccc(C#Cc3ccc(F)c(C(=O)NCc4cccc(Cl)c4)c3)cc2)CC1. The van der Waals surface area contributed by atoms with Gasteiger partial charge in [0.05, 0.1) is 11.6 Å². The van der Waals surface area contributed by atoms with E-state index in [1.54, 1.807) is 18.2 Å². The third kappa shape index (κ3) is 7.67. The Labute approximate surface area is 238 Å². The molecular formula is C29H28ClFN4O4S. The van der Waals surface area contributed by atoms with Crippen molar-refractivity contribution < 1.29 is 22.4 Å². The van der Waals surface area contributed by atoms with E-state index in [4.69, 9.17) is 11.6 Å². The minimum absolute atomic E-state index is 0.0962. The Hall–Kier alpha value is -3.75. The number of anilines is 1. The Morgan fingerprint density at radius 1 is 1.02 bits per heavy atom. The number of rotatable bonds is 8. The van der Waals surface area contributed by atoms with Crippen LogP contribution in [0.15, 0.2) is 66.7 Å². The lowest BCUT2D eigenvalue weighted by atomic mass is 10.1. The van der Waals surface area contributed by atoms with E-state index in [9.17, 15) is 22.4 Å². The lowest BCUT2D eigenvalue weighted by Gasteiger charge is -2.35. The van der Waals surface area contributed by atoms with Gasteiger partial charge in [-0.1, -0.05) is 35.6 Å². The van der Waals surface area contributed by atoms with Gasteiger partial charge in [0.2, 0.25) is 0 Å². The van der Waals surface area contributed by atoms with Crippen molar-refractivity contribution in [3.05, 3.63) is 99.8 Å². The number of aldehydes is 1. The number of nitrogens with one attached hydrogen (secondary N) is 2. The number of hydrogen-bond donors (Lipinski definition) is 2. The standard InChI is InChI=1S/C29H28ClFN4O4S/c1-21(20-36)33-40(38,39)35-15-13-34(14-16-35)26-10-7-22(8-11-26)5-6-23-9-12-28(31)27(18-23)29(37)32-19-24-3-2-4-25(30)17-24/h2-4,7-12,17-18,20-21,33H,13-16,19H2,1H3,(H,32,37)/t21-/m1/s1. The summed E-state index contributed by atoms with van der Waals surface area (Å²) in [6, 6.07) is 17.9. The molecule has 3 aromatic carbocycles. The van der Waals surface area contributed by atoms with E-state index in [-0.39, 0.29) is 12.1 Å². The van der Waals surface area contributed by atoms with E-state index < -0.39 is 28.0 Å². The summed E-state index contributed by atoms with van der Waals surface area (Å²) in [7, 11) is -3.72. The molecule has 1 aliphatic rings. The summed E-state index contributed by atoms with van der Waals surface area (Å²) in [6.07, 6.45) is 0.550. The van der Waals surface area contributed by atoms with E-state index in [2.05, 4.69) is 26.8 Å². The van der Waals surface area contributed by atoms with Gasteiger partial charge in [-0.3, -0.25) is 4.79 Å². The normalized spacial score (nSPS) is 14.6. The number of carbonyl (C=O) groups excluding carboxylic acids is 2. The Morgan fingerprint density at radius 3 is 2.38 bits per heavy atom. The molecule has 0 aliphatic carbocycles. The predicted molar refractivity (Wildman–Crippen MR) is 153 cm³/mol. The van der Waals surface area contributed by atoms with Gasteiger partial charge in [-0.2, -0.15) is 17.4 Å². The molecule has 1 fully saturated rings. The minimum atomic E-state index is -3.72. The Kier molecular flexibility index (Phi) is 9.55. The molecule has 4 rings (SSSR count). The van der Waals surface area contributed by atoms with Gasteiger partial charge in [0.25, 0.3) is 16.1 Å². The molecule has 0 aromatic heterocycles. The zero-order valence-electron chi connectivity index (χ0n) is 21.7. The van der Waals surface area contributed by atoms with Crippen LogP contribution < -0.4 is 14.9 Å². The minimum Gasteiger partial charge on any atom is -0.369 e. The van der Waals surface area contributed by atoms with Crippen molar-refractivity contribution in [2.45, 2.75) is 19.5 Å². The van der Waals surface area contributed by atoms with Gasteiger partial charge in [0.1, 0.15) is 12.1 Å². The van der Waals surface area contributed by atoms with Gasteiger partial charge in [-0.25, -0.2) is 4.39 Å². The quantitative estimate of drug-likeness (QED) is 0.314. The third-order valence-corrected chi connectivity index (χ3v) is 8.20. The van der Waals surface area contributed by atoms with Gasteiger partial charge in [0, 0.05) is 54.6 Å². The molecule has 0 spiro atoms. The first-order chi connectivity index (χ1) is 19.1. The fourth-order valence-electron chi connectivity index (χ4n) is 4.13. The van der Waals surface area contributed by atoms with E-state index in [1.807, 2.05) is 30.3 Å². The zero-order valence-corrected chi connectivity index (χ0v) is 23.3. The number of piperazine rings is 1. The maximum atomic E-state index is 14.4. The number of nitrogens with zero attached hydrogens (tertiary/aromatic N) is 2. The Balaban J connectivity index is 1.36. The molecule has 0 bridgehead atoms. The zero-order chi connectivity index (χ0) is 28.7. The molecule has 0 radical (unpaired) electrons. The smallest absolute Gasteiger partial charge is 0.280 e. The molecule has 40 heavy (non-hydrogen) atoms. The number of halogens is 2. The molecule has 0 saturated carbocycles. The maximum absolute atomic E-state index is 14.4. The second-order valence-electron chi connectivity index (χ2n) is 9.24. The average Bonchev–Trinajstić information content (AvgIpc) is 2.95. The summed E-state index contributed by atoms with van der Waals surface area (Å²) >= 11 is 5.97. The largest absolute Gasteiger partial charge is 0.369 e. The molecule has 3 aromatic rings. The second-order valence-corrected chi connectivity index (χ2v) is 11.4. The van der Waals surface area contributed by atoms with Gasteiger partial charge >= 0.3 is 0 Å². The summed E-state index contributed by atoms with van der Waals surface area (Å²) in [5, 5.41) is 3.25. The van der Waals surface area contributed by atoms with Crippen molar-refractivity contribution >= 4 is 39.7 Å². The molecule has 2 N–H and O–H groups in total. The van der Waals surface area contributed by atoms with Gasteiger partial charge in [-0.15, -0.1) is 0 Å². The highest BCUT2D eigenvalue weighted by molar-refractivity contribution is 7.87. The van der Waals surface area contributed by atoms with Crippen LogP contribution >= 0.6 is 11.6 Å². The maximum Gasteiger partial charge on any atom is 0.280 e. The van der Waals surface area contributed by atoms with Crippen molar-refractivity contribution in [3.63, 3.8) is 0 Å². The summed E-state index contributed by atoms with van der Waals surface area (Å²) in [4.78, 5) is 25.4. The van der Waals surface area contributed by atoms with Crippen molar-refractivity contribution in [2.24, 2.45) is 0 Å². The lowest BCUT2D eigenvalue weighted by molar-refractivity contribution is -0.108. The van der Waals surface area contributed by atoms with Crippen LogP contribution in [-0.4, -0.2) is 57.1 Å². The Morgan fingerprint density at radius 2 is 1.70 bits per heavy atom. The molecule has 0 unspecified atom stereocenters. The van der Waals surface area contributed by atoms with Crippen molar-refractivity contribution in [1.29, 1.82) is 0 Å². The first kappa shape index (κ1) is 29.2. The molecule has 1 amide bonds. The number of hydrogen-bond acceptors (Lipinski definition) is 5. The molecule has 11 heteroatoms. The first-order valence-corrected chi connectivity index (χ1v) is 14.4. The topological polar surface area (TPSA) is 98.8 Å². The van der Waals surface area contributed by atoms with Crippen LogP contribution in [0.25, 0.3) is 0 Å². The van der Waals surface area contributed by atoms with E-state index in [1.165, 1.54) is 29.4 Å². The van der Waals surface area contributed by atoms with E-state index in [0.29, 0.717) is 43.1 Å². The van der Waals surface area contributed by atoms with Crippen LogP contribution in [-0.2, 0) is 21.5 Å². The molecular weight excluding hydrogens is 555 g/mol. The highest BCUT2D eigenvalue weighted by atomic mass is 35.5. The van der Waals surface area contributed by atoms with Crippen LogP contribution in [0.5, 0.6) is 0 Å². The van der Waals surface area contributed by atoms with Crippen LogP contribution in [0.2, 0.25) is 5.02 Å². The molecule has 1 atom stereocenters. The number of amides is 1. The average molecular weight is 583 g/mol. The van der Waals surface area contributed by atoms with Crippen LogP contribution in [0, 0.1) is 17.7 Å². The Bertz CT molecular complexity index is 1550. The fraction of sp³-hybridized carbons (Fsp3) is 0.241. The molecule has 8 nitrogen and oxygen atoms in total. The van der Waals surface area contributed by atoms with Crippen molar-refractivity contribution in [3.8, 4) is 11.8 Å². The molecule has 208 valence electrons. The first-order valence-electron chi connectivity index (χ1n) is 12.6. The second kappa shape index (κ2) is 13.1. The fourth-order valence-corrected chi connectivity index (χ4v) is 5.66. The van der Waals surface area contributed by atoms with Crippen LogP contribution in [0.1, 0.15) is 34.0 Å². The van der Waals surface area contributed by atoms with Crippen LogP contribution in [0.4, 0.5) is 10.1 Å².